The summed E-state index contributed by atoms with van der Waals surface area (Å²) in [6.07, 6.45) is 1.88. The highest BCUT2D eigenvalue weighted by Gasteiger charge is 2.46. The second-order valence-electron chi connectivity index (χ2n) is 29.1. The van der Waals surface area contributed by atoms with Crippen molar-refractivity contribution < 1.29 is 67.4 Å². The van der Waals surface area contributed by atoms with Crippen LogP contribution in [0.25, 0.3) is 6.08 Å². The highest BCUT2D eigenvalue weighted by atomic mass is 16.5. The van der Waals surface area contributed by atoms with Gasteiger partial charge in [-0.1, -0.05) is 142 Å². The van der Waals surface area contributed by atoms with Gasteiger partial charge in [0, 0.05) is 86.3 Å². The van der Waals surface area contributed by atoms with Crippen LogP contribution >= 0.6 is 0 Å². The van der Waals surface area contributed by atoms with E-state index in [0.717, 1.165) is 9.80 Å². The molecule has 0 bridgehead atoms. The number of methoxy groups -OCH3 is 1. The molecule has 2 N–H and O–H groups in total. The predicted octanol–water partition coefficient (Wildman–Crippen LogP) is 7.98. The van der Waals surface area contributed by atoms with E-state index in [4.69, 9.17) is 4.74 Å². The first-order chi connectivity index (χ1) is 44.0. The third-order valence-electron chi connectivity index (χ3n) is 18.6. The van der Waals surface area contributed by atoms with Crippen LogP contribution in [-0.4, -0.2) is 215 Å². The largest absolute Gasteiger partial charge is 0.465 e. The number of nitrogens with zero attached hydrogens (tertiary/aromatic N) is 7. The van der Waals surface area contributed by atoms with Crippen LogP contribution in [-0.2, 0) is 57.5 Å². The first kappa shape index (κ1) is 84.0. The lowest BCUT2D eigenvalue weighted by molar-refractivity contribution is -0.157. The molecule has 1 heterocycles. The quantitative estimate of drug-likeness (QED) is 0.111. The molecule has 22 heteroatoms. The second kappa shape index (κ2) is 38.0. The third-order valence-corrected chi connectivity index (χ3v) is 18.6. The number of ketones is 3. The van der Waals surface area contributed by atoms with Gasteiger partial charge in [-0.05, 0) is 97.6 Å². The Morgan fingerprint density at radius 1 is 0.547 bits per heavy atom. The molecule has 0 saturated carbocycles. The van der Waals surface area contributed by atoms with E-state index in [1.807, 2.05) is 55.4 Å². The Morgan fingerprint density at radius 3 is 1.44 bits per heavy atom. The lowest BCUT2D eigenvalue weighted by atomic mass is 9.84. The molecule has 22 nitrogen and oxygen atoms in total. The number of rotatable bonds is 17. The average molecular weight is 1330 g/mol. The van der Waals surface area contributed by atoms with E-state index >= 15 is 19.2 Å². The fraction of sp³-hybridized carbons (Fsp3) is 0.699. The molecule has 12 atom stereocenters. The Kier molecular flexibility index (Phi) is 33.6. The molecule has 0 aromatic heterocycles. The molecule has 95 heavy (non-hydrogen) atoms. The monoisotopic (exact) mass is 1330 g/mol. The number of aliphatic hydroxyl groups is 1. The van der Waals surface area contributed by atoms with Crippen molar-refractivity contribution in [2.24, 2.45) is 59.2 Å². The van der Waals surface area contributed by atoms with Gasteiger partial charge >= 0.3 is 5.97 Å². The number of allylic oxidation sites excluding steroid dienone is 1. The minimum atomic E-state index is -1.72. The van der Waals surface area contributed by atoms with E-state index in [-0.39, 0.29) is 98.7 Å². The molecule has 1 aliphatic heterocycles. The summed E-state index contributed by atoms with van der Waals surface area (Å²) in [6, 6.07) is -2.19. The summed E-state index contributed by atoms with van der Waals surface area (Å²) in [5.41, 5.74) is 0.699. The van der Waals surface area contributed by atoms with Crippen LogP contribution in [0.2, 0.25) is 0 Å². The lowest BCUT2D eigenvalue weighted by Gasteiger charge is -2.41. The summed E-state index contributed by atoms with van der Waals surface area (Å²) in [6.45, 7) is 32.6. The van der Waals surface area contributed by atoms with Crippen molar-refractivity contribution in [3.63, 3.8) is 0 Å². The Morgan fingerprint density at radius 2 is 0.979 bits per heavy atom. The number of aliphatic hydroxyl groups excluding tert-OH is 1. The molecule has 534 valence electrons. The Hall–Kier alpha value is -7.10. The topological polar surface area (TPSA) is 269 Å². The van der Waals surface area contributed by atoms with Crippen LogP contribution in [0.1, 0.15) is 184 Å². The van der Waals surface area contributed by atoms with Crippen LogP contribution in [0.3, 0.4) is 0 Å². The molecule has 1 aliphatic rings. The number of likely N-dealkylation sites (N-methyl/N-ethyl adjacent to an activating group) is 7. The number of carbonyl (C=O) groups excluding carboxylic acids is 12. The van der Waals surface area contributed by atoms with Gasteiger partial charge in [0.15, 0.2) is 11.6 Å². The van der Waals surface area contributed by atoms with E-state index in [1.54, 1.807) is 91.8 Å². The first-order valence-electron chi connectivity index (χ1n) is 34.0. The molecular formula is C73H118N8O14. The summed E-state index contributed by atoms with van der Waals surface area (Å²) in [5, 5.41) is 15.2. The molecule has 2 rings (SSSR count). The van der Waals surface area contributed by atoms with Gasteiger partial charge in [-0.2, -0.15) is 0 Å². The Balaban J connectivity index is 3.04. The maximum absolute atomic E-state index is 15.4. The SMILES string of the molecule is C=C1C(=O)N(C)[C@@H](CC(C)C)C(=O)C[C@@H](C(C)C)C(=O)N(C)[C@@H](CC(C)C)C(=O)C[C@@H](C)C(=O)C[C@H](C)C(=O)N(C)[C@@H](CC(C)C)C(=O)N(C)[C@@H](CC(C)C)C(=O)N(C)[C@@H](C(C)C)C(=O)N(C)[C@@H]([C@H](O)[C@H](C)C/C=C/c2ccc(C(=O)OC)cc2)C(=O)N[C@@H](CC)C(=O)N1C. The normalized spacial score (nSPS) is 25.5. The minimum absolute atomic E-state index is 0.0512. The van der Waals surface area contributed by atoms with Gasteiger partial charge in [0.05, 0.1) is 30.9 Å². The van der Waals surface area contributed by atoms with Crippen molar-refractivity contribution >= 4 is 76.7 Å². The number of amides is 8. The van der Waals surface area contributed by atoms with Gasteiger partial charge in [0.2, 0.25) is 41.4 Å². The summed E-state index contributed by atoms with van der Waals surface area (Å²) in [4.78, 5) is 184. The zero-order chi connectivity index (χ0) is 73.1. The molecule has 0 unspecified atom stereocenters. The number of carbonyl (C=O) groups is 12. The van der Waals surface area contributed by atoms with Crippen LogP contribution < -0.4 is 5.32 Å². The molecule has 1 aromatic carbocycles. The summed E-state index contributed by atoms with van der Waals surface area (Å²) < 4.78 is 4.82. The van der Waals surface area contributed by atoms with Crippen molar-refractivity contribution in [3.8, 4) is 0 Å². The summed E-state index contributed by atoms with van der Waals surface area (Å²) in [7, 11) is 11.2. The standard InChI is InChI=1S/C73H118N8O14/c1-26-54-69(90)75(18)50(17)67(88)76(19)56(35-42(4)5)61(84)40-53(45(10)11)68(89)77(20)55(34-41(2)3)60(83)38-48(15)59(82)39-49(16)66(87)78(21)57(36-43(6)7)70(91)79(22)58(37-44(8)9)71(92)80(23)62(46(12)13)72(93)81(24)63(65(86)74-54)64(85)47(14)28-27-29-51-30-32-52(33-31-51)73(94)95-25/h27,29-33,41-49,53-58,62-64,85H,17,26,28,34-40H2,1-16,18-25H3,(H,74,86)/b29-27+/t47-,48-,49+,53+,54+,55+,56+,57+,58+,62+,63+,64-/m1/s1. The molecule has 0 radical (unpaired) electrons. The molecule has 1 aromatic rings. The third kappa shape index (κ3) is 23.0. The zero-order valence-corrected chi connectivity index (χ0v) is 61.8. The molecule has 1 saturated heterocycles. The summed E-state index contributed by atoms with van der Waals surface area (Å²) in [5.74, 6) is -12.3. The molecule has 0 spiro atoms. The van der Waals surface area contributed by atoms with E-state index in [2.05, 4.69) is 11.9 Å². The highest BCUT2D eigenvalue weighted by Crippen LogP contribution is 2.30. The van der Waals surface area contributed by atoms with Crippen molar-refractivity contribution in [1.82, 2.24) is 39.6 Å². The number of nitrogens with one attached hydrogen (secondary N) is 1. The minimum Gasteiger partial charge on any atom is -0.465 e. The zero-order valence-electron chi connectivity index (χ0n) is 61.8. The van der Waals surface area contributed by atoms with E-state index < -0.39 is 143 Å². The van der Waals surface area contributed by atoms with E-state index in [9.17, 15) is 43.5 Å². The second-order valence-corrected chi connectivity index (χ2v) is 29.1. The van der Waals surface area contributed by atoms with Gasteiger partial charge in [-0.15, -0.1) is 0 Å². The molecule has 8 amide bonds. The maximum Gasteiger partial charge on any atom is 0.337 e. The van der Waals surface area contributed by atoms with E-state index in [1.165, 1.54) is 80.9 Å². The molecular weight excluding hydrogens is 1210 g/mol. The van der Waals surface area contributed by atoms with Gasteiger partial charge < -0.3 is 49.5 Å². The maximum atomic E-state index is 15.4. The number of benzene rings is 1. The van der Waals surface area contributed by atoms with Gasteiger partial charge in [-0.3, -0.25) is 52.7 Å². The molecule has 0 aliphatic carbocycles. The Labute approximate surface area is 567 Å². The highest BCUT2D eigenvalue weighted by molar-refractivity contribution is 6.03. The fourth-order valence-corrected chi connectivity index (χ4v) is 12.4. The van der Waals surface area contributed by atoms with Gasteiger partial charge in [-0.25, -0.2) is 4.79 Å². The number of hydrogen-bond acceptors (Lipinski definition) is 14. The lowest BCUT2D eigenvalue weighted by Crippen LogP contribution is -2.63. The summed E-state index contributed by atoms with van der Waals surface area (Å²) >= 11 is 0. The van der Waals surface area contributed by atoms with Crippen molar-refractivity contribution in [2.75, 3.05) is 56.4 Å². The van der Waals surface area contributed by atoms with Crippen LogP contribution in [0.4, 0.5) is 0 Å². The van der Waals surface area contributed by atoms with Gasteiger partial charge in [0.1, 0.15) is 41.7 Å². The van der Waals surface area contributed by atoms with Crippen LogP contribution in [0.5, 0.6) is 0 Å². The van der Waals surface area contributed by atoms with Crippen molar-refractivity contribution in [2.45, 2.75) is 217 Å². The number of esters is 1. The Bertz CT molecular complexity index is 2880. The average Bonchev–Trinajstić information content (AvgIpc) is 0.810. The van der Waals surface area contributed by atoms with Gasteiger partial charge in [0.25, 0.3) is 5.91 Å². The van der Waals surface area contributed by atoms with Crippen molar-refractivity contribution in [3.05, 3.63) is 53.7 Å². The van der Waals surface area contributed by atoms with Crippen molar-refractivity contribution in [1.29, 1.82) is 0 Å². The smallest absolute Gasteiger partial charge is 0.337 e. The number of Topliss-reactive ketones (excluding diaryl/α,β-unsaturated/α-hetero) is 3. The van der Waals surface area contributed by atoms with Crippen LogP contribution in [0.15, 0.2) is 42.6 Å². The first-order valence-corrected chi connectivity index (χ1v) is 34.0. The predicted molar refractivity (Wildman–Crippen MR) is 368 cm³/mol. The van der Waals surface area contributed by atoms with E-state index in [0.29, 0.717) is 11.1 Å². The van der Waals surface area contributed by atoms with Crippen LogP contribution in [0, 0.1) is 59.2 Å². The molecule has 1 fully saturated rings. The fourth-order valence-electron chi connectivity index (χ4n) is 12.4. The number of hydrogen-bond donors (Lipinski definition) is 2. The number of ether oxygens (including phenoxy) is 1.